The summed E-state index contributed by atoms with van der Waals surface area (Å²) in [4.78, 5) is 31.6. The zero-order chi connectivity index (χ0) is 22.9. The Bertz CT molecular complexity index is 515. The average Bonchev–Trinajstić information content (AvgIpc) is 2.87. The highest BCUT2D eigenvalue weighted by Gasteiger charge is 2.34. The first kappa shape index (κ1) is 25.4. The van der Waals surface area contributed by atoms with Crippen molar-refractivity contribution in [1.82, 2.24) is 9.80 Å². The van der Waals surface area contributed by atoms with Crippen LogP contribution in [0.4, 0.5) is 0 Å². The van der Waals surface area contributed by atoms with Crippen LogP contribution in [0.25, 0.3) is 0 Å². The summed E-state index contributed by atoms with van der Waals surface area (Å²) in [7, 11) is 0. The van der Waals surface area contributed by atoms with Crippen LogP contribution in [0.5, 0.6) is 0 Å². The number of rotatable bonds is 8. The van der Waals surface area contributed by atoms with E-state index in [1.807, 2.05) is 0 Å². The minimum absolute atomic E-state index is 0.313. The second-order valence-electron chi connectivity index (χ2n) is 11.3. The number of thioether (sulfide) groups is 1. The van der Waals surface area contributed by atoms with Crippen molar-refractivity contribution in [3.8, 4) is 0 Å². The lowest BCUT2D eigenvalue weighted by molar-refractivity contribution is -0.135. The van der Waals surface area contributed by atoms with Crippen molar-refractivity contribution in [2.45, 2.75) is 153 Å². The SMILES string of the molecule is O=C(CSCC(=O)N(C1CCCCC1)C1CCCCC1)N(C1CCCCC1)C1CCCCC1. The zero-order valence-electron chi connectivity index (χ0n) is 21.0. The number of amides is 2. The molecule has 0 heterocycles. The molecule has 33 heavy (non-hydrogen) atoms. The summed E-state index contributed by atoms with van der Waals surface area (Å²) < 4.78 is 0. The highest BCUT2D eigenvalue weighted by Crippen LogP contribution is 2.32. The summed E-state index contributed by atoms with van der Waals surface area (Å²) in [6.45, 7) is 0. The van der Waals surface area contributed by atoms with Gasteiger partial charge in [0, 0.05) is 24.2 Å². The van der Waals surface area contributed by atoms with Crippen molar-refractivity contribution in [2.24, 2.45) is 0 Å². The number of hydrogen-bond acceptors (Lipinski definition) is 3. The molecule has 0 aromatic rings. The molecular formula is C28H48N2O2S. The van der Waals surface area contributed by atoms with Gasteiger partial charge in [0.2, 0.25) is 11.8 Å². The molecule has 2 amide bonds. The maximum atomic E-state index is 13.5. The summed E-state index contributed by atoms with van der Waals surface area (Å²) in [5.74, 6) is 1.60. The van der Waals surface area contributed by atoms with Crippen LogP contribution in [0.1, 0.15) is 128 Å². The molecule has 4 fully saturated rings. The first-order valence-electron chi connectivity index (χ1n) is 14.4. The zero-order valence-corrected chi connectivity index (χ0v) is 21.8. The summed E-state index contributed by atoms with van der Waals surface area (Å²) in [5, 5.41) is 0. The molecular weight excluding hydrogens is 428 g/mol. The van der Waals surface area contributed by atoms with Gasteiger partial charge >= 0.3 is 0 Å². The van der Waals surface area contributed by atoms with E-state index in [1.54, 1.807) is 11.8 Å². The molecule has 4 aliphatic carbocycles. The van der Waals surface area contributed by atoms with E-state index in [4.69, 9.17) is 0 Å². The minimum atomic E-state index is 0.313. The average molecular weight is 477 g/mol. The monoisotopic (exact) mass is 476 g/mol. The van der Waals surface area contributed by atoms with Crippen LogP contribution >= 0.6 is 11.8 Å². The third kappa shape index (κ3) is 7.15. The second-order valence-corrected chi connectivity index (χ2v) is 12.2. The number of hydrogen-bond donors (Lipinski definition) is 0. The maximum Gasteiger partial charge on any atom is 0.233 e. The highest BCUT2D eigenvalue weighted by molar-refractivity contribution is 8.00. The van der Waals surface area contributed by atoms with Gasteiger partial charge < -0.3 is 9.80 Å². The molecule has 0 N–H and O–H groups in total. The molecule has 5 heteroatoms. The largest absolute Gasteiger partial charge is 0.336 e. The van der Waals surface area contributed by atoms with Gasteiger partial charge in [0.1, 0.15) is 0 Å². The van der Waals surface area contributed by atoms with E-state index in [0.717, 1.165) is 0 Å². The fourth-order valence-electron chi connectivity index (χ4n) is 7.22. The third-order valence-electron chi connectivity index (χ3n) is 8.90. The van der Waals surface area contributed by atoms with E-state index >= 15 is 0 Å². The molecule has 0 aromatic carbocycles. The van der Waals surface area contributed by atoms with Gasteiger partial charge in [-0.05, 0) is 51.4 Å². The van der Waals surface area contributed by atoms with E-state index in [9.17, 15) is 9.59 Å². The quantitative estimate of drug-likeness (QED) is 0.391. The summed E-state index contributed by atoms with van der Waals surface area (Å²) in [5.41, 5.74) is 0. The van der Waals surface area contributed by atoms with E-state index in [1.165, 1.54) is 128 Å². The Morgan fingerprint density at radius 3 is 0.939 bits per heavy atom. The molecule has 0 saturated heterocycles. The van der Waals surface area contributed by atoms with Gasteiger partial charge in [0.25, 0.3) is 0 Å². The van der Waals surface area contributed by atoms with Gasteiger partial charge in [-0.15, -0.1) is 11.8 Å². The fourth-order valence-corrected chi connectivity index (χ4v) is 7.97. The van der Waals surface area contributed by atoms with Crippen LogP contribution in [-0.2, 0) is 9.59 Å². The topological polar surface area (TPSA) is 40.6 Å². The molecule has 0 atom stereocenters. The van der Waals surface area contributed by atoms with Gasteiger partial charge in [-0.3, -0.25) is 9.59 Å². The Balaban J connectivity index is 1.33. The summed E-state index contributed by atoms with van der Waals surface area (Å²) >= 11 is 1.60. The number of carbonyl (C=O) groups is 2. The molecule has 4 aliphatic rings. The lowest BCUT2D eigenvalue weighted by atomic mass is 9.88. The predicted octanol–water partition coefficient (Wildman–Crippen LogP) is 6.71. The van der Waals surface area contributed by atoms with Gasteiger partial charge in [-0.25, -0.2) is 0 Å². The maximum absolute atomic E-state index is 13.5. The van der Waals surface area contributed by atoms with E-state index < -0.39 is 0 Å². The van der Waals surface area contributed by atoms with Crippen molar-refractivity contribution in [1.29, 1.82) is 0 Å². The predicted molar refractivity (Wildman–Crippen MR) is 139 cm³/mol. The van der Waals surface area contributed by atoms with Crippen LogP contribution in [0.15, 0.2) is 0 Å². The van der Waals surface area contributed by atoms with Crippen molar-refractivity contribution in [3.63, 3.8) is 0 Å². The Morgan fingerprint density at radius 2 is 0.697 bits per heavy atom. The molecule has 0 spiro atoms. The Labute approximate surface area is 207 Å². The highest BCUT2D eigenvalue weighted by atomic mass is 32.2. The van der Waals surface area contributed by atoms with Crippen molar-refractivity contribution in [2.75, 3.05) is 11.5 Å². The lowest BCUT2D eigenvalue weighted by Gasteiger charge is -2.42. The Kier molecular flexibility index (Phi) is 10.3. The molecule has 4 nitrogen and oxygen atoms in total. The van der Waals surface area contributed by atoms with Crippen molar-refractivity contribution >= 4 is 23.6 Å². The van der Waals surface area contributed by atoms with Gasteiger partial charge in [0.15, 0.2) is 0 Å². The molecule has 0 aromatic heterocycles. The van der Waals surface area contributed by atoms with Crippen LogP contribution < -0.4 is 0 Å². The normalized spacial score (nSPS) is 24.5. The van der Waals surface area contributed by atoms with E-state index in [2.05, 4.69) is 9.80 Å². The van der Waals surface area contributed by atoms with Crippen LogP contribution in [0, 0.1) is 0 Å². The second kappa shape index (κ2) is 13.4. The molecule has 188 valence electrons. The van der Waals surface area contributed by atoms with Gasteiger partial charge in [-0.1, -0.05) is 77.0 Å². The molecule has 4 saturated carbocycles. The molecule has 0 radical (unpaired) electrons. The van der Waals surface area contributed by atoms with E-state index in [0.29, 0.717) is 47.5 Å². The molecule has 4 rings (SSSR count). The van der Waals surface area contributed by atoms with E-state index in [-0.39, 0.29) is 0 Å². The Hall–Kier alpha value is -0.710. The summed E-state index contributed by atoms with van der Waals surface area (Å²) in [6.07, 6.45) is 24.9. The van der Waals surface area contributed by atoms with Gasteiger partial charge in [0.05, 0.1) is 11.5 Å². The van der Waals surface area contributed by atoms with Crippen LogP contribution in [0.3, 0.4) is 0 Å². The first-order chi connectivity index (χ1) is 16.2. The van der Waals surface area contributed by atoms with Gasteiger partial charge in [-0.2, -0.15) is 0 Å². The Morgan fingerprint density at radius 1 is 0.455 bits per heavy atom. The van der Waals surface area contributed by atoms with Crippen molar-refractivity contribution in [3.05, 3.63) is 0 Å². The molecule has 0 bridgehead atoms. The fraction of sp³-hybridized carbons (Fsp3) is 0.929. The molecule has 0 unspecified atom stereocenters. The number of carbonyl (C=O) groups excluding carboxylic acids is 2. The van der Waals surface area contributed by atoms with Crippen LogP contribution in [0.2, 0.25) is 0 Å². The van der Waals surface area contributed by atoms with Crippen LogP contribution in [-0.4, -0.2) is 57.3 Å². The number of nitrogens with zero attached hydrogens (tertiary/aromatic N) is 2. The standard InChI is InChI=1S/C28H48N2O2S/c31-27(29(23-13-5-1-6-14-23)24-15-7-2-8-16-24)21-33-22-28(32)30(25-17-9-3-10-18-25)26-19-11-4-12-20-26/h23-26H,1-22H2. The first-order valence-corrected chi connectivity index (χ1v) is 15.6. The lowest BCUT2D eigenvalue weighted by Crippen LogP contribution is -2.50. The molecule has 0 aliphatic heterocycles. The van der Waals surface area contributed by atoms with Crippen molar-refractivity contribution < 1.29 is 9.59 Å². The smallest absolute Gasteiger partial charge is 0.233 e. The summed E-state index contributed by atoms with van der Waals surface area (Å²) in [6, 6.07) is 1.80. The minimum Gasteiger partial charge on any atom is -0.336 e. The third-order valence-corrected chi connectivity index (χ3v) is 9.80.